The number of piperidine rings is 1. The molecule has 2 saturated heterocycles. The largest absolute Gasteiger partial charge is 0.368 e. The number of ether oxygens (including phenoxy) is 1. The highest BCUT2D eigenvalue weighted by Crippen LogP contribution is 2.29. The van der Waals surface area contributed by atoms with Gasteiger partial charge in [-0.25, -0.2) is 0 Å². The number of rotatable bonds is 5. The lowest BCUT2D eigenvalue weighted by molar-refractivity contribution is -0.103. The van der Waals surface area contributed by atoms with Crippen molar-refractivity contribution in [2.45, 2.75) is 38.2 Å². The molecule has 5 nitrogen and oxygen atoms in total. The van der Waals surface area contributed by atoms with E-state index in [9.17, 15) is 0 Å². The number of nitrogens with zero attached hydrogens (tertiary/aromatic N) is 4. The maximum absolute atomic E-state index is 6.09. The van der Waals surface area contributed by atoms with Gasteiger partial charge in [0.2, 0.25) is 0 Å². The van der Waals surface area contributed by atoms with Crippen molar-refractivity contribution in [2.24, 2.45) is 7.05 Å². The first-order valence-electron chi connectivity index (χ1n) is 8.73. The van der Waals surface area contributed by atoms with Gasteiger partial charge in [0.25, 0.3) is 0 Å². The van der Waals surface area contributed by atoms with Gasteiger partial charge in [-0.05, 0) is 52.4 Å². The lowest BCUT2D eigenvalue weighted by Gasteiger charge is -2.40. The van der Waals surface area contributed by atoms with Crippen molar-refractivity contribution < 1.29 is 4.74 Å². The zero-order chi connectivity index (χ0) is 15.4. The first kappa shape index (κ1) is 16.0. The molecular formula is C17H30N4O. The van der Waals surface area contributed by atoms with Crippen molar-refractivity contribution in [3.8, 4) is 0 Å². The van der Waals surface area contributed by atoms with Crippen molar-refractivity contribution in [3.05, 3.63) is 18.0 Å². The van der Waals surface area contributed by atoms with Crippen LogP contribution >= 0.6 is 0 Å². The van der Waals surface area contributed by atoms with Crippen molar-refractivity contribution >= 4 is 0 Å². The van der Waals surface area contributed by atoms with Crippen LogP contribution < -0.4 is 0 Å². The summed E-state index contributed by atoms with van der Waals surface area (Å²) in [6, 6.07) is 0. The number of hydrogen-bond donors (Lipinski definition) is 0. The molecule has 124 valence electrons. The molecule has 0 spiro atoms. The van der Waals surface area contributed by atoms with E-state index in [1.54, 1.807) is 0 Å². The standard InChI is InChI=1S/C17H30N4O/c1-17(16-13-18-19(2)14-16)15-21(11-12-22-17)10-6-9-20-7-4-3-5-8-20/h13-14H,3-12,15H2,1-2H3/t17-/m0/s1. The number of likely N-dealkylation sites (tertiary alicyclic amines) is 1. The van der Waals surface area contributed by atoms with Crippen molar-refractivity contribution in [2.75, 3.05) is 45.9 Å². The van der Waals surface area contributed by atoms with Crippen LogP contribution in [0.4, 0.5) is 0 Å². The van der Waals surface area contributed by atoms with Gasteiger partial charge in [0, 0.05) is 31.9 Å². The Hall–Kier alpha value is -0.910. The van der Waals surface area contributed by atoms with E-state index in [1.807, 2.05) is 17.9 Å². The zero-order valence-corrected chi connectivity index (χ0v) is 14.1. The lowest BCUT2D eigenvalue weighted by atomic mass is 9.97. The molecule has 0 bridgehead atoms. The quantitative estimate of drug-likeness (QED) is 0.831. The van der Waals surface area contributed by atoms with Gasteiger partial charge in [0.05, 0.1) is 12.8 Å². The molecule has 0 unspecified atom stereocenters. The number of morpholine rings is 1. The summed E-state index contributed by atoms with van der Waals surface area (Å²) in [5.41, 5.74) is 0.980. The van der Waals surface area contributed by atoms with Gasteiger partial charge in [-0.15, -0.1) is 0 Å². The summed E-state index contributed by atoms with van der Waals surface area (Å²) in [6.07, 6.45) is 9.48. The molecule has 3 rings (SSSR count). The average Bonchev–Trinajstić information content (AvgIpc) is 2.96. The fraction of sp³-hybridized carbons (Fsp3) is 0.824. The van der Waals surface area contributed by atoms with Gasteiger partial charge in [-0.1, -0.05) is 6.42 Å². The van der Waals surface area contributed by atoms with Crippen LogP contribution in [0.15, 0.2) is 12.4 Å². The fourth-order valence-electron chi connectivity index (χ4n) is 3.71. The highest BCUT2D eigenvalue weighted by molar-refractivity contribution is 5.16. The van der Waals surface area contributed by atoms with Crippen LogP contribution in [-0.2, 0) is 17.4 Å². The summed E-state index contributed by atoms with van der Waals surface area (Å²) < 4.78 is 7.95. The Kier molecular flexibility index (Phi) is 5.16. The van der Waals surface area contributed by atoms with Gasteiger partial charge < -0.3 is 9.64 Å². The van der Waals surface area contributed by atoms with E-state index in [0.29, 0.717) is 0 Å². The molecule has 3 heterocycles. The molecule has 0 aromatic carbocycles. The van der Waals surface area contributed by atoms with Crippen molar-refractivity contribution in [3.63, 3.8) is 0 Å². The Morgan fingerprint density at radius 1 is 1.14 bits per heavy atom. The molecule has 0 amide bonds. The van der Waals surface area contributed by atoms with Gasteiger partial charge in [-0.3, -0.25) is 9.58 Å². The Labute approximate surface area is 134 Å². The zero-order valence-electron chi connectivity index (χ0n) is 14.1. The summed E-state index contributed by atoms with van der Waals surface area (Å²) >= 11 is 0. The minimum atomic E-state index is -0.211. The molecule has 0 saturated carbocycles. The predicted molar refractivity (Wildman–Crippen MR) is 87.9 cm³/mol. The summed E-state index contributed by atoms with van der Waals surface area (Å²) in [7, 11) is 1.96. The molecule has 2 aliphatic heterocycles. The van der Waals surface area contributed by atoms with E-state index in [2.05, 4.69) is 28.0 Å². The monoisotopic (exact) mass is 306 g/mol. The van der Waals surface area contributed by atoms with E-state index in [4.69, 9.17) is 4.74 Å². The smallest absolute Gasteiger partial charge is 0.106 e. The van der Waals surface area contributed by atoms with Crippen LogP contribution in [0, 0.1) is 0 Å². The highest BCUT2D eigenvalue weighted by atomic mass is 16.5. The highest BCUT2D eigenvalue weighted by Gasteiger charge is 2.34. The van der Waals surface area contributed by atoms with Crippen LogP contribution in [0.5, 0.6) is 0 Å². The SMILES string of the molecule is Cn1cc([C@]2(C)CN(CCCN3CCCCC3)CCO2)cn1. The van der Waals surface area contributed by atoms with Crippen LogP contribution in [0.3, 0.4) is 0 Å². The van der Waals surface area contributed by atoms with Gasteiger partial charge in [0.1, 0.15) is 5.60 Å². The third kappa shape index (κ3) is 3.89. The molecule has 1 aromatic heterocycles. The molecular weight excluding hydrogens is 276 g/mol. The number of aryl methyl sites for hydroxylation is 1. The normalized spacial score (nSPS) is 28.1. The van der Waals surface area contributed by atoms with E-state index in [-0.39, 0.29) is 5.60 Å². The number of aromatic nitrogens is 2. The van der Waals surface area contributed by atoms with Crippen LogP contribution in [0.25, 0.3) is 0 Å². The maximum atomic E-state index is 6.09. The lowest BCUT2D eigenvalue weighted by Crippen LogP contribution is -2.48. The van der Waals surface area contributed by atoms with Gasteiger partial charge in [-0.2, -0.15) is 5.10 Å². The van der Waals surface area contributed by atoms with Crippen LogP contribution in [0.1, 0.15) is 38.2 Å². The number of hydrogen-bond acceptors (Lipinski definition) is 4. The van der Waals surface area contributed by atoms with E-state index in [1.165, 1.54) is 57.4 Å². The molecule has 1 atom stereocenters. The fourth-order valence-corrected chi connectivity index (χ4v) is 3.71. The Morgan fingerprint density at radius 3 is 2.64 bits per heavy atom. The average molecular weight is 306 g/mol. The maximum Gasteiger partial charge on any atom is 0.106 e. The van der Waals surface area contributed by atoms with Crippen molar-refractivity contribution in [1.82, 2.24) is 19.6 Å². The molecule has 2 fully saturated rings. The third-order valence-corrected chi connectivity index (χ3v) is 5.07. The minimum absolute atomic E-state index is 0.211. The molecule has 0 N–H and O–H groups in total. The summed E-state index contributed by atoms with van der Waals surface area (Å²) in [6.45, 7) is 10.1. The Balaban J connectivity index is 1.48. The summed E-state index contributed by atoms with van der Waals surface area (Å²) in [5.74, 6) is 0. The van der Waals surface area contributed by atoms with Gasteiger partial charge in [0.15, 0.2) is 0 Å². The molecule has 1 aromatic rings. The third-order valence-electron chi connectivity index (χ3n) is 5.07. The van der Waals surface area contributed by atoms with Crippen LogP contribution in [0.2, 0.25) is 0 Å². The van der Waals surface area contributed by atoms with E-state index < -0.39 is 0 Å². The first-order valence-corrected chi connectivity index (χ1v) is 8.73. The summed E-state index contributed by atoms with van der Waals surface area (Å²) in [4.78, 5) is 5.19. The first-order chi connectivity index (χ1) is 10.7. The predicted octanol–water partition coefficient (Wildman–Crippen LogP) is 1.84. The second-order valence-corrected chi connectivity index (χ2v) is 7.01. The molecule has 22 heavy (non-hydrogen) atoms. The Bertz CT molecular complexity index is 469. The molecule has 0 aliphatic carbocycles. The van der Waals surface area contributed by atoms with Crippen molar-refractivity contribution in [1.29, 1.82) is 0 Å². The second-order valence-electron chi connectivity index (χ2n) is 7.01. The van der Waals surface area contributed by atoms with E-state index in [0.717, 1.165) is 19.7 Å². The second kappa shape index (κ2) is 7.11. The topological polar surface area (TPSA) is 33.5 Å². The molecule has 2 aliphatic rings. The minimum Gasteiger partial charge on any atom is -0.368 e. The van der Waals surface area contributed by atoms with Gasteiger partial charge >= 0.3 is 0 Å². The van der Waals surface area contributed by atoms with Crippen LogP contribution in [-0.4, -0.2) is 65.5 Å². The van der Waals surface area contributed by atoms with E-state index >= 15 is 0 Å². The Morgan fingerprint density at radius 2 is 1.91 bits per heavy atom. The molecule has 5 heteroatoms. The molecule has 0 radical (unpaired) electrons. The summed E-state index contributed by atoms with van der Waals surface area (Å²) in [5, 5.41) is 4.30.